The molecule has 1 saturated heterocycles. The summed E-state index contributed by atoms with van der Waals surface area (Å²) in [6.07, 6.45) is 0.177. The first kappa shape index (κ1) is 17.0. The summed E-state index contributed by atoms with van der Waals surface area (Å²) >= 11 is 0. The van der Waals surface area contributed by atoms with E-state index in [1.165, 1.54) is 0 Å². The Bertz CT molecular complexity index is 786. The van der Waals surface area contributed by atoms with E-state index in [0.29, 0.717) is 6.54 Å². The number of anilines is 1. The highest BCUT2D eigenvalue weighted by Crippen LogP contribution is 2.21. The van der Waals surface area contributed by atoms with Crippen molar-refractivity contribution in [1.29, 1.82) is 0 Å². The second-order valence-corrected chi connectivity index (χ2v) is 6.56. The number of amides is 2. The number of piperazine rings is 1. The second-order valence-electron chi connectivity index (χ2n) is 6.56. The first-order valence-corrected chi connectivity index (χ1v) is 8.38. The highest BCUT2D eigenvalue weighted by molar-refractivity contribution is 5.98. The van der Waals surface area contributed by atoms with Crippen molar-refractivity contribution in [2.45, 2.75) is 26.3 Å². The number of phenols is 1. The van der Waals surface area contributed by atoms with Crippen molar-refractivity contribution in [3.63, 3.8) is 0 Å². The fourth-order valence-electron chi connectivity index (χ4n) is 3.10. The third-order valence-electron chi connectivity index (χ3n) is 4.52. The molecular weight excluding hydrogens is 316 g/mol. The van der Waals surface area contributed by atoms with E-state index in [4.69, 9.17) is 0 Å². The van der Waals surface area contributed by atoms with E-state index in [0.717, 1.165) is 16.8 Å². The lowest BCUT2D eigenvalue weighted by atomic mass is 10.1. The molecule has 1 aliphatic heterocycles. The molecule has 0 radical (unpaired) electrons. The molecule has 25 heavy (non-hydrogen) atoms. The Morgan fingerprint density at radius 2 is 1.92 bits per heavy atom. The smallest absolute Gasteiger partial charge is 0.246 e. The van der Waals surface area contributed by atoms with Crippen molar-refractivity contribution >= 4 is 17.5 Å². The van der Waals surface area contributed by atoms with E-state index in [1.54, 1.807) is 34.1 Å². The van der Waals surface area contributed by atoms with Crippen LogP contribution in [0.5, 0.6) is 5.75 Å². The number of hydrogen-bond acceptors (Lipinski definition) is 3. The zero-order chi connectivity index (χ0) is 18.0. The van der Waals surface area contributed by atoms with E-state index in [1.807, 2.05) is 38.1 Å². The molecule has 0 saturated carbocycles. The largest absolute Gasteiger partial charge is 0.508 e. The number of carbonyl (C=O) groups is 2. The third kappa shape index (κ3) is 3.82. The average molecular weight is 338 g/mol. The van der Waals surface area contributed by atoms with Crippen LogP contribution < -0.4 is 4.90 Å². The molecule has 5 nitrogen and oxygen atoms in total. The van der Waals surface area contributed by atoms with Crippen molar-refractivity contribution in [2.75, 3.05) is 18.0 Å². The summed E-state index contributed by atoms with van der Waals surface area (Å²) in [7, 11) is 0. The Morgan fingerprint density at radius 1 is 1.20 bits per heavy atom. The Labute approximate surface area is 147 Å². The van der Waals surface area contributed by atoms with E-state index >= 15 is 0 Å². The van der Waals surface area contributed by atoms with Crippen LogP contribution in [0.4, 0.5) is 5.69 Å². The Kier molecular flexibility index (Phi) is 4.74. The maximum atomic E-state index is 12.6. The van der Waals surface area contributed by atoms with Crippen LogP contribution in [0.15, 0.2) is 48.5 Å². The van der Waals surface area contributed by atoms with Gasteiger partial charge in [-0.25, -0.2) is 0 Å². The fraction of sp³-hybridized carbons (Fsp3) is 0.300. The van der Waals surface area contributed by atoms with Crippen LogP contribution in [-0.4, -0.2) is 41.0 Å². The van der Waals surface area contributed by atoms with Gasteiger partial charge >= 0.3 is 0 Å². The number of phenolic OH excluding ortho intramolecular Hbond substituents is 1. The standard InChI is InChI=1S/C20H22N2O3/c1-14-6-8-17(9-7-14)22-12-15(2)21(13-20(22)25)19(24)11-16-4-3-5-18(23)10-16/h3-10,15,23H,11-13H2,1-2H3/t15-/m1/s1. The van der Waals surface area contributed by atoms with Gasteiger partial charge in [0.1, 0.15) is 12.3 Å². The fourth-order valence-corrected chi connectivity index (χ4v) is 3.10. The summed E-state index contributed by atoms with van der Waals surface area (Å²) in [6.45, 7) is 4.51. The van der Waals surface area contributed by atoms with Gasteiger partial charge in [-0.2, -0.15) is 0 Å². The normalized spacial score (nSPS) is 17.7. The van der Waals surface area contributed by atoms with Crippen molar-refractivity contribution in [3.8, 4) is 5.75 Å². The zero-order valence-electron chi connectivity index (χ0n) is 14.5. The molecule has 0 aliphatic carbocycles. The Morgan fingerprint density at radius 3 is 2.60 bits per heavy atom. The number of aromatic hydroxyl groups is 1. The molecule has 1 atom stereocenters. The number of nitrogens with zero attached hydrogens (tertiary/aromatic N) is 2. The zero-order valence-corrected chi connectivity index (χ0v) is 14.5. The summed E-state index contributed by atoms with van der Waals surface area (Å²) in [5, 5.41) is 9.52. The minimum Gasteiger partial charge on any atom is -0.508 e. The lowest BCUT2D eigenvalue weighted by Gasteiger charge is -2.39. The van der Waals surface area contributed by atoms with Gasteiger partial charge in [0.15, 0.2) is 0 Å². The number of hydrogen-bond donors (Lipinski definition) is 1. The minimum atomic E-state index is -0.102. The predicted molar refractivity (Wildman–Crippen MR) is 96.5 cm³/mol. The molecule has 1 N–H and O–H groups in total. The van der Waals surface area contributed by atoms with Gasteiger partial charge in [-0.15, -0.1) is 0 Å². The van der Waals surface area contributed by atoms with Gasteiger partial charge in [0.25, 0.3) is 0 Å². The first-order chi connectivity index (χ1) is 11.9. The Hall–Kier alpha value is -2.82. The number of rotatable bonds is 3. The van der Waals surface area contributed by atoms with Crippen LogP contribution in [0.2, 0.25) is 0 Å². The van der Waals surface area contributed by atoms with Crippen molar-refractivity contribution in [1.82, 2.24) is 4.90 Å². The van der Waals surface area contributed by atoms with Gasteiger partial charge in [-0.05, 0) is 43.7 Å². The van der Waals surface area contributed by atoms with Crippen molar-refractivity contribution in [3.05, 3.63) is 59.7 Å². The van der Waals surface area contributed by atoms with E-state index < -0.39 is 0 Å². The van der Waals surface area contributed by atoms with Gasteiger partial charge in [0, 0.05) is 18.3 Å². The molecule has 5 heteroatoms. The maximum absolute atomic E-state index is 12.6. The summed E-state index contributed by atoms with van der Waals surface area (Å²) in [4.78, 5) is 28.5. The first-order valence-electron chi connectivity index (χ1n) is 8.38. The van der Waals surface area contributed by atoms with E-state index in [2.05, 4.69) is 0 Å². The van der Waals surface area contributed by atoms with Crippen LogP contribution in [0, 0.1) is 6.92 Å². The van der Waals surface area contributed by atoms with Gasteiger partial charge in [-0.3, -0.25) is 9.59 Å². The quantitative estimate of drug-likeness (QED) is 0.935. The molecule has 2 amide bonds. The molecule has 1 fully saturated rings. The molecule has 2 aromatic rings. The lowest BCUT2D eigenvalue weighted by Crippen LogP contribution is -2.57. The molecule has 2 aromatic carbocycles. The number of aryl methyl sites for hydroxylation is 1. The van der Waals surface area contributed by atoms with E-state index in [-0.39, 0.29) is 36.6 Å². The van der Waals surface area contributed by atoms with Crippen molar-refractivity contribution in [2.24, 2.45) is 0 Å². The second kappa shape index (κ2) is 6.97. The Balaban J connectivity index is 1.70. The molecule has 0 unspecified atom stereocenters. The molecule has 130 valence electrons. The lowest BCUT2D eigenvalue weighted by molar-refractivity contribution is -0.138. The monoisotopic (exact) mass is 338 g/mol. The molecule has 0 spiro atoms. The predicted octanol–water partition coefficient (Wildman–Crippen LogP) is 2.51. The van der Waals surface area contributed by atoms with Crippen LogP contribution in [0.25, 0.3) is 0 Å². The molecule has 3 rings (SSSR count). The van der Waals surface area contributed by atoms with Crippen LogP contribution in [-0.2, 0) is 16.0 Å². The molecule has 0 bridgehead atoms. The average Bonchev–Trinajstić information content (AvgIpc) is 2.57. The highest BCUT2D eigenvalue weighted by Gasteiger charge is 2.33. The van der Waals surface area contributed by atoms with Gasteiger partial charge in [0.05, 0.1) is 6.42 Å². The summed E-state index contributed by atoms with van der Waals surface area (Å²) in [6, 6.07) is 14.4. The van der Waals surface area contributed by atoms with Gasteiger partial charge in [-0.1, -0.05) is 29.8 Å². The SMILES string of the molecule is Cc1ccc(N2C[C@@H](C)N(C(=O)Cc3cccc(O)c3)CC2=O)cc1. The van der Waals surface area contributed by atoms with Crippen LogP contribution in [0.1, 0.15) is 18.1 Å². The third-order valence-corrected chi connectivity index (χ3v) is 4.52. The molecular formula is C20H22N2O3. The van der Waals surface area contributed by atoms with Gasteiger partial charge < -0.3 is 14.9 Å². The van der Waals surface area contributed by atoms with Gasteiger partial charge in [0.2, 0.25) is 11.8 Å². The summed E-state index contributed by atoms with van der Waals surface area (Å²) < 4.78 is 0. The maximum Gasteiger partial charge on any atom is 0.246 e. The van der Waals surface area contributed by atoms with E-state index in [9.17, 15) is 14.7 Å². The summed E-state index contributed by atoms with van der Waals surface area (Å²) in [5.74, 6) is -0.0418. The molecule has 1 heterocycles. The summed E-state index contributed by atoms with van der Waals surface area (Å²) in [5.41, 5.74) is 2.75. The minimum absolute atomic E-state index is 0.0659. The number of benzene rings is 2. The topological polar surface area (TPSA) is 60.9 Å². The van der Waals surface area contributed by atoms with Crippen LogP contribution in [0.3, 0.4) is 0 Å². The molecule has 1 aliphatic rings. The number of carbonyl (C=O) groups excluding carboxylic acids is 2. The highest BCUT2D eigenvalue weighted by atomic mass is 16.3. The molecule has 0 aromatic heterocycles. The van der Waals surface area contributed by atoms with Crippen molar-refractivity contribution < 1.29 is 14.7 Å². The van der Waals surface area contributed by atoms with Crippen LogP contribution >= 0.6 is 0 Å².